The second kappa shape index (κ2) is 8.26. The second-order valence-corrected chi connectivity index (χ2v) is 8.23. The van der Waals surface area contributed by atoms with E-state index in [1.165, 1.54) is 6.26 Å². The highest BCUT2D eigenvalue weighted by molar-refractivity contribution is 7.90. The third-order valence-corrected chi connectivity index (χ3v) is 4.54. The molecule has 1 N–H and O–H groups in total. The molecule has 1 aromatic heterocycles. The molecule has 5 nitrogen and oxygen atoms in total. The molecule has 0 aliphatic carbocycles. The Morgan fingerprint density at radius 1 is 1.17 bits per heavy atom. The molecule has 1 heterocycles. The van der Waals surface area contributed by atoms with Gasteiger partial charge in [0.25, 0.3) is 0 Å². The Morgan fingerprint density at radius 2 is 1.88 bits per heavy atom. The van der Waals surface area contributed by atoms with Crippen LogP contribution in [0.15, 0.2) is 36.5 Å². The molecular weight excluding hydrogens is 324 g/mol. The minimum absolute atomic E-state index is 0.149. The lowest BCUT2D eigenvalue weighted by Crippen LogP contribution is -2.22. The third kappa shape index (κ3) is 5.94. The molecule has 0 amide bonds. The van der Waals surface area contributed by atoms with Gasteiger partial charge in [-0.3, -0.25) is 4.98 Å². The first-order valence-corrected chi connectivity index (χ1v) is 9.92. The van der Waals surface area contributed by atoms with Crippen LogP contribution in [-0.4, -0.2) is 32.0 Å². The van der Waals surface area contributed by atoms with E-state index < -0.39 is 9.84 Å². The molecule has 6 heteroatoms. The summed E-state index contributed by atoms with van der Waals surface area (Å²) in [7, 11) is -2.92. The lowest BCUT2D eigenvalue weighted by Gasteiger charge is -2.14. The first-order chi connectivity index (χ1) is 11.3. The van der Waals surface area contributed by atoms with Crippen molar-refractivity contribution >= 4 is 9.84 Å². The molecular formula is C18H24N2O3S. The molecule has 0 saturated heterocycles. The van der Waals surface area contributed by atoms with Crippen molar-refractivity contribution in [1.29, 1.82) is 0 Å². The Labute approximate surface area is 144 Å². The van der Waals surface area contributed by atoms with Gasteiger partial charge in [-0.25, -0.2) is 8.42 Å². The van der Waals surface area contributed by atoms with Gasteiger partial charge in [0.1, 0.15) is 22.2 Å². The van der Waals surface area contributed by atoms with Gasteiger partial charge < -0.3 is 10.1 Å². The molecule has 24 heavy (non-hydrogen) atoms. The van der Waals surface area contributed by atoms with Gasteiger partial charge in [-0.05, 0) is 42.7 Å². The van der Waals surface area contributed by atoms with Gasteiger partial charge in [0.05, 0.1) is 11.4 Å². The van der Waals surface area contributed by atoms with E-state index in [-0.39, 0.29) is 5.75 Å². The van der Waals surface area contributed by atoms with Gasteiger partial charge in [0.15, 0.2) is 0 Å². The Kier molecular flexibility index (Phi) is 6.34. The number of ether oxygens (including phenoxy) is 1. The van der Waals surface area contributed by atoms with Crippen molar-refractivity contribution in [3.8, 4) is 5.75 Å². The molecule has 0 saturated carbocycles. The van der Waals surface area contributed by atoms with E-state index in [0.717, 1.165) is 28.1 Å². The number of rotatable bonds is 8. The van der Waals surface area contributed by atoms with Crippen molar-refractivity contribution < 1.29 is 13.2 Å². The van der Waals surface area contributed by atoms with Crippen LogP contribution in [0.25, 0.3) is 0 Å². The van der Waals surface area contributed by atoms with E-state index in [1.807, 2.05) is 32.0 Å². The van der Waals surface area contributed by atoms with Crippen LogP contribution < -0.4 is 10.1 Å². The van der Waals surface area contributed by atoms with Crippen molar-refractivity contribution in [3.63, 3.8) is 0 Å². The van der Waals surface area contributed by atoms with E-state index in [4.69, 9.17) is 4.74 Å². The van der Waals surface area contributed by atoms with Crippen LogP contribution in [0.4, 0.5) is 0 Å². The smallest absolute Gasteiger partial charge is 0.148 e. The number of hydrogen-bond donors (Lipinski definition) is 1. The van der Waals surface area contributed by atoms with E-state index in [2.05, 4.69) is 22.4 Å². The number of pyridine rings is 1. The summed E-state index contributed by atoms with van der Waals surface area (Å²) in [6.45, 7) is 5.56. The third-order valence-electron chi connectivity index (χ3n) is 3.59. The van der Waals surface area contributed by atoms with Crippen LogP contribution in [0.5, 0.6) is 5.75 Å². The molecule has 0 aliphatic rings. The van der Waals surface area contributed by atoms with Crippen molar-refractivity contribution in [2.24, 2.45) is 0 Å². The predicted molar refractivity (Wildman–Crippen MR) is 95.9 cm³/mol. The zero-order valence-electron chi connectivity index (χ0n) is 14.4. The van der Waals surface area contributed by atoms with Gasteiger partial charge in [0.2, 0.25) is 0 Å². The molecule has 0 radical (unpaired) electrons. The van der Waals surface area contributed by atoms with Crippen molar-refractivity contribution in [2.45, 2.75) is 27.0 Å². The number of nitrogens with zero attached hydrogens (tertiary/aromatic N) is 1. The summed E-state index contributed by atoms with van der Waals surface area (Å²) in [5.41, 5.74) is 4.13. The average Bonchev–Trinajstić information content (AvgIpc) is 2.51. The average molecular weight is 348 g/mol. The van der Waals surface area contributed by atoms with Crippen LogP contribution in [0.3, 0.4) is 0 Å². The van der Waals surface area contributed by atoms with Crippen molar-refractivity contribution in [2.75, 3.05) is 18.6 Å². The number of sulfone groups is 1. The Bertz CT molecular complexity index is 751. The van der Waals surface area contributed by atoms with Crippen LogP contribution in [-0.2, 0) is 23.0 Å². The van der Waals surface area contributed by atoms with Gasteiger partial charge in [0, 0.05) is 25.5 Å². The minimum Gasteiger partial charge on any atom is -0.487 e. The molecule has 2 aromatic rings. The number of hydrogen-bond acceptors (Lipinski definition) is 5. The summed E-state index contributed by atoms with van der Waals surface area (Å²) in [5.74, 6) is 1.02. The SMILES string of the molecule is Cc1cc(CNCCS(C)(=O)=O)cc(C)c1OCc1ccccn1. The Hall–Kier alpha value is -1.92. The molecule has 2 rings (SSSR count). The molecule has 0 spiro atoms. The summed E-state index contributed by atoms with van der Waals surface area (Å²) < 4.78 is 28.2. The number of nitrogens with one attached hydrogen (secondary N) is 1. The summed E-state index contributed by atoms with van der Waals surface area (Å²) >= 11 is 0. The Morgan fingerprint density at radius 3 is 2.46 bits per heavy atom. The highest BCUT2D eigenvalue weighted by Crippen LogP contribution is 2.25. The van der Waals surface area contributed by atoms with Crippen molar-refractivity contribution in [1.82, 2.24) is 10.3 Å². The molecule has 0 fully saturated rings. The largest absolute Gasteiger partial charge is 0.487 e. The standard InChI is InChI=1S/C18H24N2O3S/c1-14-10-16(12-19-8-9-24(3,21)22)11-15(2)18(14)23-13-17-6-4-5-7-20-17/h4-7,10-11,19H,8-9,12-13H2,1-3H3. The van der Waals surface area contributed by atoms with E-state index in [0.29, 0.717) is 19.7 Å². The minimum atomic E-state index is -2.92. The normalized spacial score (nSPS) is 11.5. The molecule has 0 unspecified atom stereocenters. The van der Waals surface area contributed by atoms with Gasteiger partial charge in [-0.1, -0.05) is 18.2 Å². The number of aromatic nitrogens is 1. The Balaban J connectivity index is 1.95. The van der Waals surface area contributed by atoms with E-state index in [9.17, 15) is 8.42 Å². The summed E-state index contributed by atoms with van der Waals surface area (Å²) in [6, 6.07) is 9.88. The second-order valence-electron chi connectivity index (χ2n) is 5.98. The molecule has 1 aromatic carbocycles. The van der Waals surface area contributed by atoms with Crippen LogP contribution >= 0.6 is 0 Å². The molecule has 130 valence electrons. The van der Waals surface area contributed by atoms with Gasteiger partial charge in [-0.2, -0.15) is 0 Å². The molecule has 0 bridgehead atoms. The maximum atomic E-state index is 11.1. The maximum Gasteiger partial charge on any atom is 0.148 e. The monoisotopic (exact) mass is 348 g/mol. The zero-order valence-corrected chi connectivity index (χ0v) is 15.2. The molecule has 0 aliphatic heterocycles. The fourth-order valence-electron chi connectivity index (χ4n) is 2.49. The highest BCUT2D eigenvalue weighted by atomic mass is 32.2. The first-order valence-electron chi connectivity index (χ1n) is 7.86. The van der Waals surface area contributed by atoms with Gasteiger partial charge in [-0.15, -0.1) is 0 Å². The number of aryl methyl sites for hydroxylation is 2. The lowest BCUT2D eigenvalue weighted by atomic mass is 10.1. The lowest BCUT2D eigenvalue weighted by molar-refractivity contribution is 0.297. The topological polar surface area (TPSA) is 68.3 Å². The van der Waals surface area contributed by atoms with E-state index >= 15 is 0 Å². The first kappa shape index (κ1) is 18.4. The van der Waals surface area contributed by atoms with Crippen molar-refractivity contribution in [3.05, 3.63) is 58.9 Å². The summed E-state index contributed by atoms with van der Waals surface area (Å²) in [6.07, 6.45) is 3.00. The van der Waals surface area contributed by atoms with E-state index in [1.54, 1.807) is 6.20 Å². The summed E-state index contributed by atoms with van der Waals surface area (Å²) in [4.78, 5) is 4.26. The number of benzene rings is 1. The fourth-order valence-corrected chi connectivity index (χ4v) is 3.00. The zero-order chi connectivity index (χ0) is 17.6. The summed E-state index contributed by atoms with van der Waals surface area (Å²) in [5, 5.41) is 3.16. The van der Waals surface area contributed by atoms with Crippen LogP contribution in [0.2, 0.25) is 0 Å². The fraction of sp³-hybridized carbons (Fsp3) is 0.389. The molecule has 0 atom stereocenters. The van der Waals surface area contributed by atoms with Gasteiger partial charge >= 0.3 is 0 Å². The highest BCUT2D eigenvalue weighted by Gasteiger charge is 2.08. The predicted octanol–water partition coefficient (Wildman–Crippen LogP) is 2.41. The van der Waals surface area contributed by atoms with Crippen LogP contribution in [0, 0.1) is 13.8 Å². The quantitative estimate of drug-likeness (QED) is 0.742. The maximum absolute atomic E-state index is 11.1. The van der Waals surface area contributed by atoms with Crippen LogP contribution in [0.1, 0.15) is 22.4 Å².